The molecular formula is C15H9FN2. The molecule has 0 fully saturated rings. The number of halogens is 1. The van der Waals surface area contributed by atoms with Crippen LogP contribution in [0.5, 0.6) is 0 Å². The zero-order valence-corrected chi connectivity index (χ0v) is 9.44. The molecule has 0 radical (unpaired) electrons. The molecule has 2 aromatic carbocycles. The smallest absolute Gasteiger partial charge is 0.124 e. The van der Waals surface area contributed by atoms with Gasteiger partial charge >= 0.3 is 0 Å². The SMILES string of the molecule is N#Cc1c(-c2ccccc2)[nH]c2ccc(F)cc12. The monoisotopic (exact) mass is 236 g/mol. The highest BCUT2D eigenvalue weighted by molar-refractivity contribution is 5.93. The van der Waals surface area contributed by atoms with Crippen LogP contribution in [-0.2, 0) is 0 Å². The molecule has 0 aliphatic heterocycles. The van der Waals surface area contributed by atoms with E-state index in [1.807, 2.05) is 30.3 Å². The summed E-state index contributed by atoms with van der Waals surface area (Å²) in [6, 6.07) is 16.1. The highest BCUT2D eigenvalue weighted by Gasteiger charge is 2.12. The molecule has 18 heavy (non-hydrogen) atoms. The van der Waals surface area contributed by atoms with Crippen molar-refractivity contribution in [2.24, 2.45) is 0 Å². The van der Waals surface area contributed by atoms with Gasteiger partial charge in [-0.25, -0.2) is 4.39 Å². The number of fused-ring (bicyclic) bond motifs is 1. The number of benzene rings is 2. The Labute approximate surface area is 103 Å². The van der Waals surface area contributed by atoms with Crippen molar-refractivity contribution in [2.75, 3.05) is 0 Å². The zero-order chi connectivity index (χ0) is 12.5. The summed E-state index contributed by atoms with van der Waals surface area (Å²) < 4.78 is 13.2. The topological polar surface area (TPSA) is 39.6 Å². The molecule has 1 aromatic heterocycles. The number of aromatic amines is 1. The van der Waals surface area contributed by atoms with Gasteiger partial charge in [-0.1, -0.05) is 30.3 Å². The molecule has 3 aromatic rings. The molecule has 0 unspecified atom stereocenters. The standard InChI is InChI=1S/C15H9FN2/c16-11-6-7-14-12(8-11)13(9-17)15(18-14)10-4-2-1-3-5-10/h1-8,18H. The highest BCUT2D eigenvalue weighted by Crippen LogP contribution is 2.29. The molecule has 1 N–H and O–H groups in total. The van der Waals surface area contributed by atoms with Crippen molar-refractivity contribution in [2.45, 2.75) is 0 Å². The largest absolute Gasteiger partial charge is 0.353 e. The van der Waals surface area contributed by atoms with Gasteiger partial charge in [-0.05, 0) is 23.8 Å². The Balaban J connectivity index is 2.34. The Kier molecular flexibility index (Phi) is 2.35. The van der Waals surface area contributed by atoms with Gasteiger partial charge < -0.3 is 4.98 Å². The van der Waals surface area contributed by atoms with E-state index in [9.17, 15) is 9.65 Å². The van der Waals surface area contributed by atoms with E-state index in [-0.39, 0.29) is 5.82 Å². The average Bonchev–Trinajstić information content (AvgIpc) is 2.77. The quantitative estimate of drug-likeness (QED) is 0.685. The van der Waals surface area contributed by atoms with Gasteiger partial charge in [0.05, 0.1) is 11.3 Å². The van der Waals surface area contributed by atoms with Gasteiger partial charge in [0.25, 0.3) is 0 Å². The van der Waals surface area contributed by atoms with E-state index < -0.39 is 0 Å². The molecule has 0 saturated heterocycles. The zero-order valence-electron chi connectivity index (χ0n) is 9.44. The number of hydrogen-bond acceptors (Lipinski definition) is 1. The summed E-state index contributed by atoms with van der Waals surface area (Å²) in [4.78, 5) is 3.17. The van der Waals surface area contributed by atoms with Crippen LogP contribution in [0.25, 0.3) is 22.2 Å². The molecule has 3 heteroatoms. The molecule has 0 amide bonds. The third-order valence-electron chi connectivity index (χ3n) is 2.93. The molecule has 0 aliphatic rings. The third kappa shape index (κ3) is 1.56. The van der Waals surface area contributed by atoms with E-state index in [0.717, 1.165) is 16.8 Å². The lowest BCUT2D eigenvalue weighted by molar-refractivity contribution is 0.629. The maximum atomic E-state index is 13.2. The van der Waals surface area contributed by atoms with E-state index in [4.69, 9.17) is 0 Å². The van der Waals surface area contributed by atoms with Crippen molar-refractivity contribution in [3.63, 3.8) is 0 Å². The summed E-state index contributed by atoms with van der Waals surface area (Å²) >= 11 is 0. The van der Waals surface area contributed by atoms with Crippen molar-refractivity contribution < 1.29 is 4.39 Å². The Bertz CT molecular complexity index is 751. The summed E-state index contributed by atoms with van der Waals surface area (Å²) in [7, 11) is 0. The van der Waals surface area contributed by atoms with Gasteiger partial charge in [-0.3, -0.25) is 0 Å². The molecule has 0 saturated carbocycles. The fraction of sp³-hybridized carbons (Fsp3) is 0. The fourth-order valence-electron chi connectivity index (χ4n) is 2.10. The maximum absolute atomic E-state index is 13.2. The van der Waals surface area contributed by atoms with Gasteiger partial charge in [0.2, 0.25) is 0 Å². The van der Waals surface area contributed by atoms with Crippen LogP contribution in [-0.4, -0.2) is 4.98 Å². The Morgan fingerprint density at radius 1 is 1.06 bits per heavy atom. The summed E-state index contributed by atoms with van der Waals surface area (Å²) in [6.07, 6.45) is 0. The second kappa shape index (κ2) is 4.01. The van der Waals surface area contributed by atoms with E-state index >= 15 is 0 Å². The predicted molar refractivity (Wildman–Crippen MR) is 68.4 cm³/mol. The van der Waals surface area contributed by atoms with Crippen LogP contribution in [0.3, 0.4) is 0 Å². The van der Waals surface area contributed by atoms with Crippen LogP contribution < -0.4 is 0 Å². The van der Waals surface area contributed by atoms with Crippen LogP contribution in [0, 0.1) is 17.1 Å². The number of rotatable bonds is 1. The average molecular weight is 236 g/mol. The lowest BCUT2D eigenvalue weighted by Crippen LogP contribution is -1.80. The molecule has 1 heterocycles. The highest BCUT2D eigenvalue weighted by atomic mass is 19.1. The lowest BCUT2D eigenvalue weighted by atomic mass is 10.1. The van der Waals surface area contributed by atoms with Gasteiger partial charge in [0.15, 0.2) is 0 Å². The van der Waals surface area contributed by atoms with Crippen LogP contribution in [0.15, 0.2) is 48.5 Å². The minimum absolute atomic E-state index is 0.336. The van der Waals surface area contributed by atoms with E-state index in [1.165, 1.54) is 12.1 Å². The van der Waals surface area contributed by atoms with Crippen LogP contribution >= 0.6 is 0 Å². The van der Waals surface area contributed by atoms with Gasteiger partial charge in [-0.2, -0.15) is 5.26 Å². The first-order valence-corrected chi connectivity index (χ1v) is 5.56. The summed E-state index contributed by atoms with van der Waals surface area (Å²) in [5.74, 6) is -0.336. The third-order valence-corrected chi connectivity index (χ3v) is 2.93. The van der Waals surface area contributed by atoms with Crippen LogP contribution in [0.2, 0.25) is 0 Å². The maximum Gasteiger partial charge on any atom is 0.124 e. The first-order valence-electron chi connectivity index (χ1n) is 5.56. The van der Waals surface area contributed by atoms with Crippen molar-refractivity contribution in [1.82, 2.24) is 4.98 Å². The first-order chi connectivity index (χ1) is 8.79. The fourth-order valence-corrected chi connectivity index (χ4v) is 2.10. The summed E-state index contributed by atoms with van der Waals surface area (Å²) in [6.45, 7) is 0. The first kappa shape index (κ1) is 10.5. The van der Waals surface area contributed by atoms with Crippen molar-refractivity contribution >= 4 is 10.9 Å². The molecule has 0 spiro atoms. The molecular weight excluding hydrogens is 227 g/mol. The number of nitriles is 1. The normalized spacial score (nSPS) is 10.4. The number of nitrogens with zero attached hydrogens (tertiary/aromatic N) is 1. The molecule has 2 nitrogen and oxygen atoms in total. The minimum Gasteiger partial charge on any atom is -0.353 e. The molecule has 0 bridgehead atoms. The second-order valence-electron chi connectivity index (χ2n) is 4.04. The van der Waals surface area contributed by atoms with Gasteiger partial charge in [-0.15, -0.1) is 0 Å². The number of aromatic nitrogens is 1. The van der Waals surface area contributed by atoms with Crippen molar-refractivity contribution in [3.8, 4) is 17.3 Å². The number of H-pyrrole nitrogens is 1. The number of hydrogen-bond donors (Lipinski definition) is 1. The van der Waals surface area contributed by atoms with E-state index in [2.05, 4.69) is 11.1 Å². The Morgan fingerprint density at radius 2 is 1.83 bits per heavy atom. The van der Waals surface area contributed by atoms with Crippen LogP contribution in [0.1, 0.15) is 5.56 Å². The second-order valence-corrected chi connectivity index (χ2v) is 4.04. The predicted octanol–water partition coefficient (Wildman–Crippen LogP) is 3.85. The lowest BCUT2D eigenvalue weighted by Gasteiger charge is -1.97. The molecule has 0 atom stereocenters. The summed E-state index contributed by atoms with van der Waals surface area (Å²) in [5.41, 5.74) is 2.91. The van der Waals surface area contributed by atoms with Gasteiger partial charge in [0, 0.05) is 10.9 Å². The molecule has 3 rings (SSSR count). The van der Waals surface area contributed by atoms with Crippen molar-refractivity contribution in [1.29, 1.82) is 5.26 Å². The minimum atomic E-state index is -0.336. The Hall–Kier alpha value is -2.60. The van der Waals surface area contributed by atoms with E-state index in [0.29, 0.717) is 10.9 Å². The summed E-state index contributed by atoms with van der Waals surface area (Å²) in [5, 5.41) is 9.89. The van der Waals surface area contributed by atoms with Crippen LogP contribution in [0.4, 0.5) is 4.39 Å². The van der Waals surface area contributed by atoms with Gasteiger partial charge in [0.1, 0.15) is 11.9 Å². The Morgan fingerprint density at radius 3 is 2.56 bits per heavy atom. The molecule has 0 aliphatic carbocycles. The number of nitrogens with one attached hydrogen (secondary N) is 1. The molecule has 86 valence electrons. The van der Waals surface area contributed by atoms with E-state index in [1.54, 1.807) is 6.07 Å². The van der Waals surface area contributed by atoms with Crippen molar-refractivity contribution in [3.05, 3.63) is 59.9 Å².